The van der Waals surface area contributed by atoms with Crippen molar-refractivity contribution < 1.29 is 14.5 Å². The van der Waals surface area contributed by atoms with Gasteiger partial charge in [-0.1, -0.05) is 6.07 Å². The molecule has 0 fully saturated rings. The third-order valence-corrected chi connectivity index (χ3v) is 2.43. The fourth-order valence-electron chi connectivity index (χ4n) is 1.62. The summed E-state index contributed by atoms with van der Waals surface area (Å²) < 4.78 is 4.75. The lowest BCUT2D eigenvalue weighted by molar-refractivity contribution is -0.385. The van der Waals surface area contributed by atoms with Gasteiger partial charge in [0.25, 0.3) is 5.69 Å². The SMILES string of the molecule is CCOC(=O)Cc1c([N+](=O)[O-])ccc(C)c1C#N. The summed E-state index contributed by atoms with van der Waals surface area (Å²) in [6, 6.07) is 4.68. The quantitative estimate of drug-likeness (QED) is 0.460. The Hall–Kier alpha value is -2.42. The molecule has 1 aromatic carbocycles. The molecule has 0 unspecified atom stereocenters. The molecule has 6 nitrogen and oxygen atoms in total. The third kappa shape index (κ3) is 2.83. The summed E-state index contributed by atoms with van der Waals surface area (Å²) in [5.74, 6) is -0.581. The fraction of sp³-hybridized carbons (Fsp3) is 0.333. The van der Waals surface area contributed by atoms with Gasteiger partial charge < -0.3 is 4.74 Å². The maximum absolute atomic E-state index is 11.4. The molecule has 0 saturated carbocycles. The summed E-state index contributed by atoms with van der Waals surface area (Å²) in [5.41, 5.74) is 0.644. The molecule has 0 bridgehead atoms. The van der Waals surface area contributed by atoms with Crippen LogP contribution in [0.25, 0.3) is 0 Å². The van der Waals surface area contributed by atoms with Gasteiger partial charge in [0, 0.05) is 6.07 Å². The minimum Gasteiger partial charge on any atom is -0.466 e. The Morgan fingerprint density at radius 3 is 2.72 bits per heavy atom. The Morgan fingerprint density at radius 1 is 1.56 bits per heavy atom. The number of carbonyl (C=O) groups excluding carboxylic acids is 1. The van der Waals surface area contributed by atoms with Crippen molar-refractivity contribution >= 4 is 11.7 Å². The van der Waals surface area contributed by atoms with E-state index in [0.717, 1.165) is 0 Å². The number of hydrogen-bond donors (Lipinski definition) is 0. The first kappa shape index (κ1) is 13.6. The molecule has 0 atom stereocenters. The summed E-state index contributed by atoms with van der Waals surface area (Å²) >= 11 is 0. The molecule has 0 N–H and O–H groups in total. The third-order valence-electron chi connectivity index (χ3n) is 2.43. The molecule has 94 valence electrons. The van der Waals surface area contributed by atoms with Gasteiger partial charge in [-0.3, -0.25) is 14.9 Å². The zero-order valence-corrected chi connectivity index (χ0v) is 10.1. The second kappa shape index (κ2) is 5.77. The molecule has 1 aromatic rings. The molecular weight excluding hydrogens is 236 g/mol. The van der Waals surface area contributed by atoms with E-state index in [4.69, 9.17) is 10.00 Å². The van der Waals surface area contributed by atoms with Crippen LogP contribution in [-0.4, -0.2) is 17.5 Å². The summed E-state index contributed by atoms with van der Waals surface area (Å²) in [4.78, 5) is 21.7. The van der Waals surface area contributed by atoms with Gasteiger partial charge in [0.15, 0.2) is 0 Å². The van der Waals surface area contributed by atoms with E-state index in [2.05, 4.69) is 0 Å². The Labute approximate surface area is 104 Å². The van der Waals surface area contributed by atoms with Gasteiger partial charge in [-0.25, -0.2) is 0 Å². The van der Waals surface area contributed by atoms with E-state index >= 15 is 0 Å². The molecule has 1 rings (SSSR count). The van der Waals surface area contributed by atoms with Crippen LogP contribution in [0.15, 0.2) is 12.1 Å². The molecule has 0 radical (unpaired) electrons. The van der Waals surface area contributed by atoms with Gasteiger partial charge in [0.1, 0.15) is 0 Å². The van der Waals surface area contributed by atoms with E-state index in [9.17, 15) is 14.9 Å². The maximum Gasteiger partial charge on any atom is 0.310 e. The predicted molar refractivity (Wildman–Crippen MR) is 62.9 cm³/mol. The first-order chi connectivity index (χ1) is 8.51. The van der Waals surface area contributed by atoms with Crippen LogP contribution in [0.5, 0.6) is 0 Å². The van der Waals surface area contributed by atoms with E-state index in [0.29, 0.717) is 5.56 Å². The second-order valence-corrected chi connectivity index (χ2v) is 3.61. The number of nitrogens with zero attached hydrogens (tertiary/aromatic N) is 2. The normalized spacial score (nSPS) is 9.61. The number of nitro benzene ring substituents is 1. The van der Waals surface area contributed by atoms with Crippen molar-refractivity contribution in [1.82, 2.24) is 0 Å². The summed E-state index contributed by atoms with van der Waals surface area (Å²) in [6.45, 7) is 3.50. The molecule has 0 aliphatic carbocycles. The zero-order chi connectivity index (χ0) is 13.7. The smallest absolute Gasteiger partial charge is 0.310 e. The second-order valence-electron chi connectivity index (χ2n) is 3.61. The fourth-order valence-corrected chi connectivity index (χ4v) is 1.62. The van der Waals surface area contributed by atoms with Crippen LogP contribution < -0.4 is 0 Å². The van der Waals surface area contributed by atoms with Gasteiger partial charge in [-0.05, 0) is 19.4 Å². The lowest BCUT2D eigenvalue weighted by Crippen LogP contribution is -2.11. The highest BCUT2D eigenvalue weighted by Crippen LogP contribution is 2.25. The van der Waals surface area contributed by atoms with Gasteiger partial charge in [0.05, 0.1) is 35.1 Å². The molecule has 18 heavy (non-hydrogen) atoms. The number of benzene rings is 1. The molecule has 0 heterocycles. The largest absolute Gasteiger partial charge is 0.466 e. The van der Waals surface area contributed by atoms with Crippen LogP contribution >= 0.6 is 0 Å². The monoisotopic (exact) mass is 248 g/mol. The molecule has 0 amide bonds. The van der Waals surface area contributed by atoms with Crippen LogP contribution in [0.3, 0.4) is 0 Å². The van der Waals surface area contributed by atoms with Crippen LogP contribution in [0.1, 0.15) is 23.6 Å². The van der Waals surface area contributed by atoms with Crippen molar-refractivity contribution in [2.45, 2.75) is 20.3 Å². The number of hydrogen-bond acceptors (Lipinski definition) is 5. The lowest BCUT2D eigenvalue weighted by Gasteiger charge is -2.07. The Morgan fingerprint density at radius 2 is 2.22 bits per heavy atom. The molecule has 0 aliphatic heterocycles. The van der Waals surface area contributed by atoms with Crippen molar-refractivity contribution in [3.05, 3.63) is 38.9 Å². The van der Waals surface area contributed by atoms with Gasteiger partial charge in [-0.15, -0.1) is 0 Å². The van der Waals surface area contributed by atoms with Crippen molar-refractivity contribution in [3.63, 3.8) is 0 Å². The highest BCUT2D eigenvalue weighted by molar-refractivity contribution is 5.76. The number of ether oxygens (including phenoxy) is 1. The van der Waals surface area contributed by atoms with Crippen LogP contribution in [0, 0.1) is 28.4 Å². The van der Waals surface area contributed by atoms with E-state index < -0.39 is 10.9 Å². The minimum atomic E-state index is -0.602. The lowest BCUT2D eigenvalue weighted by atomic mass is 9.98. The summed E-state index contributed by atoms with van der Waals surface area (Å²) in [7, 11) is 0. The van der Waals surface area contributed by atoms with E-state index in [1.807, 2.05) is 6.07 Å². The number of carbonyl (C=O) groups is 1. The van der Waals surface area contributed by atoms with Crippen molar-refractivity contribution in [1.29, 1.82) is 5.26 Å². The predicted octanol–water partition coefficient (Wildman–Crippen LogP) is 1.88. The Balaban J connectivity index is 3.29. The number of aryl methyl sites for hydroxylation is 1. The van der Waals surface area contributed by atoms with E-state index in [1.165, 1.54) is 12.1 Å². The first-order valence-electron chi connectivity index (χ1n) is 5.33. The molecule has 0 aliphatic rings. The van der Waals surface area contributed by atoms with E-state index in [-0.39, 0.29) is 29.8 Å². The standard InChI is InChI=1S/C12H12N2O4/c1-3-18-12(15)6-9-10(7-13)8(2)4-5-11(9)14(16)17/h4-5H,3,6H2,1-2H3. The van der Waals surface area contributed by atoms with Gasteiger partial charge >= 0.3 is 5.97 Å². The maximum atomic E-state index is 11.4. The molecule has 0 spiro atoms. The topological polar surface area (TPSA) is 93.2 Å². The number of nitro groups is 1. The number of esters is 1. The number of rotatable bonds is 4. The minimum absolute atomic E-state index is 0.112. The van der Waals surface area contributed by atoms with Crippen molar-refractivity contribution in [3.8, 4) is 6.07 Å². The Bertz CT molecular complexity index is 532. The molecule has 0 aromatic heterocycles. The highest BCUT2D eigenvalue weighted by Gasteiger charge is 2.22. The van der Waals surface area contributed by atoms with Crippen LogP contribution in [0.2, 0.25) is 0 Å². The summed E-state index contributed by atoms with van der Waals surface area (Å²) in [6.07, 6.45) is -0.269. The zero-order valence-electron chi connectivity index (χ0n) is 10.1. The average molecular weight is 248 g/mol. The van der Waals surface area contributed by atoms with E-state index in [1.54, 1.807) is 13.8 Å². The highest BCUT2D eigenvalue weighted by atomic mass is 16.6. The van der Waals surface area contributed by atoms with Gasteiger partial charge in [-0.2, -0.15) is 5.26 Å². The van der Waals surface area contributed by atoms with Crippen molar-refractivity contribution in [2.24, 2.45) is 0 Å². The average Bonchev–Trinajstić information content (AvgIpc) is 2.29. The van der Waals surface area contributed by atoms with Crippen LogP contribution in [-0.2, 0) is 16.0 Å². The molecular formula is C12H12N2O4. The molecule has 6 heteroatoms. The van der Waals surface area contributed by atoms with Gasteiger partial charge in [0.2, 0.25) is 0 Å². The van der Waals surface area contributed by atoms with Crippen LogP contribution in [0.4, 0.5) is 5.69 Å². The number of nitriles is 1. The first-order valence-corrected chi connectivity index (χ1v) is 5.33. The summed E-state index contributed by atoms with van der Waals surface area (Å²) in [5, 5.41) is 19.9. The van der Waals surface area contributed by atoms with Crippen molar-refractivity contribution in [2.75, 3.05) is 6.61 Å². The Kier molecular flexibility index (Phi) is 4.38. The molecule has 0 saturated heterocycles.